The summed E-state index contributed by atoms with van der Waals surface area (Å²) in [5.74, 6) is 0. The predicted molar refractivity (Wildman–Crippen MR) is 67.9 cm³/mol. The third-order valence-electron chi connectivity index (χ3n) is 2.87. The number of hydrogen-bond donors (Lipinski definition) is 0. The minimum absolute atomic E-state index is 0.276. The second kappa shape index (κ2) is 9.94. The molecule has 5 heteroatoms. The molecule has 0 saturated carbocycles. The second-order valence-corrected chi connectivity index (χ2v) is 5.89. The fraction of sp³-hybridized carbons (Fsp3) is 1.00. The Morgan fingerprint density at radius 3 is 2.12 bits per heavy atom. The van der Waals surface area contributed by atoms with Crippen molar-refractivity contribution in [3.05, 3.63) is 0 Å². The van der Waals surface area contributed by atoms with E-state index >= 15 is 0 Å². The maximum absolute atomic E-state index is 11.8. The molecule has 0 aliphatic heterocycles. The molecule has 0 saturated heterocycles. The SMILES string of the molecule is CCC(CC)O[SiH2]CCCCCCC(F)(F)F. The molecule has 0 rings (SSSR count). The Hall–Kier alpha value is -0.0331. The number of halogens is 3. The molecular formula is C12H25F3OSi. The lowest BCUT2D eigenvalue weighted by atomic mass is 10.1. The molecule has 0 unspecified atom stereocenters. The van der Waals surface area contributed by atoms with Gasteiger partial charge < -0.3 is 4.43 Å². The van der Waals surface area contributed by atoms with E-state index in [1.54, 1.807) is 0 Å². The van der Waals surface area contributed by atoms with Crippen molar-refractivity contribution in [2.24, 2.45) is 0 Å². The molecule has 0 aromatic rings. The summed E-state index contributed by atoms with van der Waals surface area (Å²) in [6, 6.07) is 1.10. The van der Waals surface area contributed by atoms with Gasteiger partial charge in [0.15, 0.2) is 9.76 Å². The molecule has 0 aromatic carbocycles. The zero-order chi connectivity index (χ0) is 13.1. The van der Waals surface area contributed by atoms with Gasteiger partial charge in [0.2, 0.25) is 0 Å². The Kier molecular flexibility index (Phi) is 9.92. The Labute approximate surface area is 105 Å². The normalized spacial score (nSPS) is 13.1. The fourth-order valence-corrected chi connectivity index (χ4v) is 3.26. The summed E-state index contributed by atoms with van der Waals surface area (Å²) in [4.78, 5) is 0. The van der Waals surface area contributed by atoms with E-state index in [1.807, 2.05) is 0 Å². The van der Waals surface area contributed by atoms with Gasteiger partial charge in [-0.1, -0.05) is 33.1 Å². The second-order valence-electron chi connectivity index (χ2n) is 4.44. The molecule has 0 radical (unpaired) electrons. The summed E-state index contributed by atoms with van der Waals surface area (Å²) in [5, 5.41) is 0. The fourth-order valence-electron chi connectivity index (χ4n) is 1.73. The number of unbranched alkanes of at least 4 members (excludes halogenated alkanes) is 3. The van der Waals surface area contributed by atoms with Gasteiger partial charge >= 0.3 is 6.18 Å². The van der Waals surface area contributed by atoms with E-state index in [0.717, 1.165) is 31.7 Å². The standard InChI is InChI=1S/C12H25F3OSi/c1-3-11(4-2)16-17-10-8-6-5-7-9-12(13,14)15/h11H,3-10,17H2,1-2H3. The van der Waals surface area contributed by atoms with Gasteiger partial charge in [-0.25, -0.2) is 0 Å². The van der Waals surface area contributed by atoms with Crippen molar-refractivity contribution in [2.45, 2.75) is 77.1 Å². The molecule has 0 fully saturated rings. The van der Waals surface area contributed by atoms with Crippen molar-refractivity contribution in [1.82, 2.24) is 0 Å². The summed E-state index contributed by atoms with van der Waals surface area (Å²) >= 11 is 0. The minimum Gasteiger partial charge on any atom is -0.421 e. The molecule has 0 bridgehead atoms. The molecule has 0 aromatic heterocycles. The molecule has 1 nitrogen and oxygen atoms in total. The summed E-state index contributed by atoms with van der Waals surface area (Å²) in [6.45, 7) is 4.25. The van der Waals surface area contributed by atoms with Gasteiger partial charge in [-0.15, -0.1) is 0 Å². The molecule has 0 amide bonds. The maximum Gasteiger partial charge on any atom is 0.389 e. The third kappa shape index (κ3) is 12.2. The van der Waals surface area contributed by atoms with Crippen LogP contribution in [0.4, 0.5) is 13.2 Å². The number of alkyl halides is 3. The lowest BCUT2D eigenvalue weighted by Gasteiger charge is -2.13. The van der Waals surface area contributed by atoms with E-state index in [0.29, 0.717) is 12.5 Å². The van der Waals surface area contributed by atoms with Crippen molar-refractivity contribution in [3.63, 3.8) is 0 Å². The van der Waals surface area contributed by atoms with Crippen LogP contribution in [0.25, 0.3) is 0 Å². The topological polar surface area (TPSA) is 9.23 Å². The average molecular weight is 270 g/mol. The van der Waals surface area contributed by atoms with Crippen LogP contribution in [-0.2, 0) is 4.43 Å². The van der Waals surface area contributed by atoms with Gasteiger partial charge in [0.1, 0.15) is 0 Å². The first-order valence-electron chi connectivity index (χ1n) is 6.68. The summed E-state index contributed by atoms with van der Waals surface area (Å²) in [7, 11) is -0.442. The first kappa shape index (κ1) is 17.0. The molecular weight excluding hydrogens is 245 g/mol. The summed E-state index contributed by atoms with van der Waals surface area (Å²) in [5.41, 5.74) is 0. The van der Waals surface area contributed by atoms with E-state index in [2.05, 4.69) is 13.8 Å². The van der Waals surface area contributed by atoms with Crippen LogP contribution in [0.3, 0.4) is 0 Å². The Morgan fingerprint density at radius 1 is 1.00 bits per heavy atom. The lowest BCUT2D eigenvalue weighted by Crippen LogP contribution is -2.13. The smallest absolute Gasteiger partial charge is 0.389 e. The van der Waals surface area contributed by atoms with E-state index in [1.165, 1.54) is 0 Å². The van der Waals surface area contributed by atoms with Gasteiger partial charge in [0.05, 0.1) is 0 Å². The highest BCUT2D eigenvalue weighted by Gasteiger charge is 2.25. The van der Waals surface area contributed by atoms with Crippen LogP contribution in [0.2, 0.25) is 6.04 Å². The van der Waals surface area contributed by atoms with Gasteiger partial charge in [0.25, 0.3) is 0 Å². The maximum atomic E-state index is 11.8. The molecule has 0 heterocycles. The van der Waals surface area contributed by atoms with Gasteiger partial charge in [-0.2, -0.15) is 13.2 Å². The van der Waals surface area contributed by atoms with Crippen molar-refractivity contribution >= 4 is 9.76 Å². The highest BCUT2D eigenvalue weighted by atomic mass is 28.2. The van der Waals surface area contributed by atoms with Crippen LogP contribution in [0.15, 0.2) is 0 Å². The number of rotatable bonds is 10. The van der Waals surface area contributed by atoms with Crippen LogP contribution in [0, 0.1) is 0 Å². The third-order valence-corrected chi connectivity index (χ3v) is 4.36. The largest absolute Gasteiger partial charge is 0.421 e. The molecule has 0 spiro atoms. The quantitative estimate of drug-likeness (QED) is 0.427. The van der Waals surface area contributed by atoms with E-state index in [-0.39, 0.29) is 6.42 Å². The molecule has 0 aliphatic rings. The van der Waals surface area contributed by atoms with Crippen molar-refractivity contribution < 1.29 is 17.6 Å². The molecule has 104 valence electrons. The van der Waals surface area contributed by atoms with E-state index in [9.17, 15) is 13.2 Å². The highest BCUT2D eigenvalue weighted by Crippen LogP contribution is 2.23. The lowest BCUT2D eigenvalue weighted by molar-refractivity contribution is -0.135. The first-order valence-corrected chi connectivity index (χ1v) is 8.25. The van der Waals surface area contributed by atoms with Gasteiger partial charge in [0, 0.05) is 12.5 Å². The van der Waals surface area contributed by atoms with Crippen molar-refractivity contribution in [1.29, 1.82) is 0 Å². The first-order chi connectivity index (χ1) is 7.99. The molecule has 0 atom stereocenters. The Balaban J connectivity index is 3.19. The summed E-state index contributed by atoms with van der Waals surface area (Å²) in [6.07, 6.45) is 0.843. The highest BCUT2D eigenvalue weighted by molar-refractivity contribution is 6.27. The number of hydrogen-bond acceptors (Lipinski definition) is 1. The molecule has 0 N–H and O–H groups in total. The summed E-state index contributed by atoms with van der Waals surface area (Å²) < 4.78 is 41.3. The van der Waals surface area contributed by atoms with Gasteiger partial charge in [-0.05, 0) is 25.3 Å². The van der Waals surface area contributed by atoms with E-state index in [4.69, 9.17) is 4.43 Å². The van der Waals surface area contributed by atoms with Gasteiger partial charge in [-0.3, -0.25) is 0 Å². The molecule has 17 heavy (non-hydrogen) atoms. The Bertz CT molecular complexity index is 170. The van der Waals surface area contributed by atoms with Crippen LogP contribution >= 0.6 is 0 Å². The van der Waals surface area contributed by atoms with Crippen LogP contribution in [0.1, 0.15) is 58.8 Å². The van der Waals surface area contributed by atoms with Crippen LogP contribution < -0.4 is 0 Å². The molecule has 0 aliphatic carbocycles. The van der Waals surface area contributed by atoms with Crippen LogP contribution in [0.5, 0.6) is 0 Å². The van der Waals surface area contributed by atoms with E-state index < -0.39 is 22.4 Å². The average Bonchev–Trinajstić information content (AvgIpc) is 2.26. The zero-order valence-electron chi connectivity index (χ0n) is 11.0. The van der Waals surface area contributed by atoms with Crippen molar-refractivity contribution in [2.75, 3.05) is 0 Å². The zero-order valence-corrected chi connectivity index (χ0v) is 12.4. The van der Waals surface area contributed by atoms with Crippen molar-refractivity contribution in [3.8, 4) is 0 Å². The van der Waals surface area contributed by atoms with Crippen LogP contribution in [-0.4, -0.2) is 22.0 Å². The monoisotopic (exact) mass is 270 g/mol. The Morgan fingerprint density at radius 2 is 1.59 bits per heavy atom. The predicted octanol–water partition coefficient (Wildman–Crippen LogP) is 4.21. The minimum atomic E-state index is -3.98.